The van der Waals surface area contributed by atoms with Crippen molar-refractivity contribution in [1.29, 1.82) is 0 Å². The Balaban J connectivity index is 2.58. The van der Waals surface area contributed by atoms with E-state index in [0.717, 1.165) is 32.2 Å². The third kappa shape index (κ3) is 4.47. The third-order valence-electron chi connectivity index (χ3n) is 3.56. The molecule has 0 aromatic rings. The van der Waals surface area contributed by atoms with Crippen LogP contribution in [-0.4, -0.2) is 29.0 Å². The predicted octanol–water partition coefficient (Wildman–Crippen LogP) is 2.54. The molecule has 18 heavy (non-hydrogen) atoms. The summed E-state index contributed by atoms with van der Waals surface area (Å²) in [5.41, 5.74) is 5.21. The summed E-state index contributed by atoms with van der Waals surface area (Å²) in [6.07, 6.45) is 5.18. The Labute approximate surface area is 116 Å². The summed E-state index contributed by atoms with van der Waals surface area (Å²) in [6.45, 7) is 7.49. The summed E-state index contributed by atoms with van der Waals surface area (Å²) in [5, 5.41) is 4.00. The third-order valence-corrected chi connectivity index (χ3v) is 5.29. The molecule has 0 radical (unpaired) electrons. The fourth-order valence-electron chi connectivity index (χ4n) is 2.53. The van der Waals surface area contributed by atoms with E-state index in [9.17, 15) is 4.79 Å². The lowest BCUT2D eigenvalue weighted by Gasteiger charge is -2.39. The number of thioether (sulfide) groups is 1. The number of carbonyl (C=O) groups is 1. The second-order valence-electron chi connectivity index (χ2n) is 5.82. The van der Waals surface area contributed by atoms with Gasteiger partial charge in [0, 0.05) is 5.25 Å². The topological polar surface area (TPSA) is 55.1 Å². The average Bonchev–Trinajstić information content (AvgIpc) is 2.34. The van der Waals surface area contributed by atoms with Crippen LogP contribution in [0.15, 0.2) is 0 Å². The Bertz CT molecular complexity index is 271. The van der Waals surface area contributed by atoms with E-state index in [0.29, 0.717) is 11.2 Å². The van der Waals surface area contributed by atoms with E-state index < -0.39 is 5.54 Å². The molecule has 2 unspecified atom stereocenters. The molecule has 0 bridgehead atoms. The molecular formula is C14H28N2OS. The van der Waals surface area contributed by atoms with E-state index in [1.165, 1.54) is 12.2 Å². The fraction of sp³-hybridized carbons (Fsp3) is 0.929. The molecule has 1 amide bonds. The SMILES string of the molecule is CCCNC1(C(N)=O)CCCC(SCC(C)C)C1. The summed E-state index contributed by atoms with van der Waals surface area (Å²) in [4.78, 5) is 11.8. The Morgan fingerprint density at radius 1 is 1.56 bits per heavy atom. The van der Waals surface area contributed by atoms with Crippen LogP contribution in [0.1, 0.15) is 52.9 Å². The number of hydrogen-bond acceptors (Lipinski definition) is 3. The Morgan fingerprint density at radius 3 is 2.83 bits per heavy atom. The van der Waals surface area contributed by atoms with Crippen molar-refractivity contribution in [3.8, 4) is 0 Å². The number of nitrogens with one attached hydrogen (secondary N) is 1. The van der Waals surface area contributed by atoms with Gasteiger partial charge in [-0.15, -0.1) is 0 Å². The molecule has 2 atom stereocenters. The highest BCUT2D eigenvalue weighted by atomic mass is 32.2. The minimum atomic E-state index is -0.442. The smallest absolute Gasteiger partial charge is 0.237 e. The van der Waals surface area contributed by atoms with Crippen LogP contribution in [0.25, 0.3) is 0 Å². The van der Waals surface area contributed by atoms with Gasteiger partial charge in [0.15, 0.2) is 0 Å². The maximum absolute atomic E-state index is 11.8. The molecule has 1 fully saturated rings. The maximum atomic E-state index is 11.8. The Kier molecular flexibility index (Phi) is 6.50. The Morgan fingerprint density at radius 2 is 2.28 bits per heavy atom. The monoisotopic (exact) mass is 272 g/mol. The lowest BCUT2D eigenvalue weighted by Crippen LogP contribution is -2.58. The Hall–Kier alpha value is -0.220. The fourth-order valence-corrected chi connectivity index (χ4v) is 3.92. The largest absolute Gasteiger partial charge is 0.368 e. The molecule has 0 aromatic heterocycles. The second kappa shape index (κ2) is 7.39. The molecule has 1 aliphatic rings. The van der Waals surface area contributed by atoms with Crippen molar-refractivity contribution < 1.29 is 4.79 Å². The first-order valence-corrected chi connectivity index (χ1v) is 8.21. The first-order chi connectivity index (χ1) is 8.50. The van der Waals surface area contributed by atoms with Gasteiger partial charge in [-0.05, 0) is 50.3 Å². The lowest BCUT2D eigenvalue weighted by molar-refractivity contribution is -0.125. The van der Waals surface area contributed by atoms with Crippen molar-refractivity contribution in [1.82, 2.24) is 5.32 Å². The van der Waals surface area contributed by atoms with Gasteiger partial charge < -0.3 is 11.1 Å². The van der Waals surface area contributed by atoms with Crippen molar-refractivity contribution in [2.75, 3.05) is 12.3 Å². The number of amides is 1. The molecule has 4 heteroatoms. The van der Waals surface area contributed by atoms with Gasteiger partial charge >= 0.3 is 0 Å². The van der Waals surface area contributed by atoms with Gasteiger partial charge in [-0.1, -0.05) is 20.8 Å². The number of hydrogen-bond donors (Lipinski definition) is 2. The van der Waals surface area contributed by atoms with Crippen molar-refractivity contribution in [2.45, 2.75) is 63.7 Å². The van der Waals surface area contributed by atoms with Gasteiger partial charge in [0.1, 0.15) is 0 Å². The average molecular weight is 272 g/mol. The van der Waals surface area contributed by atoms with Crippen LogP contribution in [0, 0.1) is 5.92 Å². The van der Waals surface area contributed by atoms with Crippen LogP contribution in [0.3, 0.4) is 0 Å². The number of nitrogens with two attached hydrogens (primary N) is 1. The standard InChI is InChI=1S/C14H28N2OS/c1-4-8-16-14(13(15)17)7-5-6-12(9-14)18-10-11(2)3/h11-12,16H,4-10H2,1-3H3,(H2,15,17). The van der Waals surface area contributed by atoms with Gasteiger partial charge in [0.05, 0.1) is 5.54 Å². The van der Waals surface area contributed by atoms with E-state index in [2.05, 4.69) is 26.1 Å². The highest BCUT2D eigenvalue weighted by Gasteiger charge is 2.40. The molecule has 0 aliphatic heterocycles. The van der Waals surface area contributed by atoms with Crippen molar-refractivity contribution >= 4 is 17.7 Å². The van der Waals surface area contributed by atoms with Gasteiger partial charge in [-0.2, -0.15) is 11.8 Å². The molecule has 0 heterocycles. The molecule has 3 N–H and O–H groups in total. The molecule has 1 rings (SSSR count). The van der Waals surface area contributed by atoms with Crippen LogP contribution in [0.5, 0.6) is 0 Å². The number of rotatable bonds is 7. The number of carbonyl (C=O) groups excluding carboxylic acids is 1. The molecule has 106 valence electrons. The van der Waals surface area contributed by atoms with Crippen LogP contribution >= 0.6 is 11.8 Å². The van der Waals surface area contributed by atoms with E-state index in [4.69, 9.17) is 5.73 Å². The zero-order valence-corrected chi connectivity index (χ0v) is 12.8. The van der Waals surface area contributed by atoms with Crippen molar-refractivity contribution in [3.63, 3.8) is 0 Å². The van der Waals surface area contributed by atoms with Crippen molar-refractivity contribution in [3.05, 3.63) is 0 Å². The summed E-state index contributed by atoms with van der Waals surface area (Å²) in [7, 11) is 0. The first-order valence-electron chi connectivity index (χ1n) is 7.16. The minimum absolute atomic E-state index is 0.161. The molecule has 0 saturated heterocycles. The maximum Gasteiger partial charge on any atom is 0.237 e. The normalized spacial score (nSPS) is 28.6. The van der Waals surface area contributed by atoms with E-state index >= 15 is 0 Å². The van der Waals surface area contributed by atoms with Crippen molar-refractivity contribution in [2.24, 2.45) is 11.7 Å². The van der Waals surface area contributed by atoms with Crippen LogP contribution < -0.4 is 11.1 Å². The molecule has 0 aromatic carbocycles. The minimum Gasteiger partial charge on any atom is -0.368 e. The van der Waals surface area contributed by atoms with Crippen LogP contribution in [0.4, 0.5) is 0 Å². The highest BCUT2D eigenvalue weighted by Crippen LogP contribution is 2.35. The summed E-state index contributed by atoms with van der Waals surface area (Å²) >= 11 is 2.01. The summed E-state index contributed by atoms with van der Waals surface area (Å²) in [5.74, 6) is 1.72. The van der Waals surface area contributed by atoms with Gasteiger partial charge in [0.2, 0.25) is 5.91 Å². The van der Waals surface area contributed by atoms with Crippen LogP contribution in [-0.2, 0) is 4.79 Å². The molecular weight excluding hydrogens is 244 g/mol. The predicted molar refractivity (Wildman–Crippen MR) is 79.8 cm³/mol. The second-order valence-corrected chi connectivity index (χ2v) is 7.15. The van der Waals surface area contributed by atoms with E-state index in [-0.39, 0.29) is 5.91 Å². The highest BCUT2D eigenvalue weighted by molar-refractivity contribution is 7.99. The molecule has 1 saturated carbocycles. The zero-order valence-electron chi connectivity index (χ0n) is 12.0. The van der Waals surface area contributed by atoms with Crippen LogP contribution in [0.2, 0.25) is 0 Å². The van der Waals surface area contributed by atoms with Gasteiger partial charge in [0.25, 0.3) is 0 Å². The first kappa shape index (κ1) is 15.8. The van der Waals surface area contributed by atoms with E-state index in [1.54, 1.807) is 0 Å². The quantitative estimate of drug-likeness (QED) is 0.749. The molecule has 1 aliphatic carbocycles. The van der Waals surface area contributed by atoms with Gasteiger partial charge in [-0.25, -0.2) is 0 Å². The lowest BCUT2D eigenvalue weighted by atomic mass is 9.80. The zero-order chi connectivity index (χ0) is 13.6. The number of primary amides is 1. The van der Waals surface area contributed by atoms with Gasteiger partial charge in [-0.3, -0.25) is 4.79 Å². The van der Waals surface area contributed by atoms with E-state index in [1.807, 2.05) is 11.8 Å². The molecule has 3 nitrogen and oxygen atoms in total. The summed E-state index contributed by atoms with van der Waals surface area (Å²) in [6, 6.07) is 0. The molecule has 0 spiro atoms. The summed E-state index contributed by atoms with van der Waals surface area (Å²) < 4.78 is 0.